The van der Waals surface area contributed by atoms with E-state index in [1.54, 1.807) is 6.92 Å². The zero-order chi connectivity index (χ0) is 22.7. The topological polar surface area (TPSA) is 81.7 Å². The molecule has 2 aliphatic heterocycles. The summed E-state index contributed by atoms with van der Waals surface area (Å²) in [5, 5.41) is 3.23. The molecule has 176 valence electrons. The first-order valence-electron chi connectivity index (χ1n) is 12.3. The second kappa shape index (κ2) is 10.1. The maximum absolute atomic E-state index is 12.9. The highest BCUT2D eigenvalue weighted by Crippen LogP contribution is 2.30. The van der Waals surface area contributed by atoms with Gasteiger partial charge in [0.1, 0.15) is 11.6 Å². The van der Waals surface area contributed by atoms with Crippen molar-refractivity contribution in [3.05, 3.63) is 17.1 Å². The first kappa shape index (κ1) is 23.0. The van der Waals surface area contributed by atoms with E-state index in [1.807, 2.05) is 23.9 Å². The predicted molar refractivity (Wildman–Crippen MR) is 124 cm³/mol. The number of aromatic nitrogens is 2. The van der Waals surface area contributed by atoms with Crippen LogP contribution in [0.5, 0.6) is 0 Å². The molecule has 0 bridgehead atoms. The van der Waals surface area contributed by atoms with E-state index in [-0.39, 0.29) is 17.7 Å². The Balaban J connectivity index is 1.43. The van der Waals surface area contributed by atoms with Crippen molar-refractivity contribution < 1.29 is 9.59 Å². The number of piperidine rings is 1. The van der Waals surface area contributed by atoms with E-state index >= 15 is 0 Å². The van der Waals surface area contributed by atoms with Gasteiger partial charge >= 0.3 is 0 Å². The molecule has 1 unspecified atom stereocenters. The minimum Gasteiger partial charge on any atom is -0.373 e. The standard InChI is InChI=1S/C24H38N6O2/c1-17(31)30-13-11-21-20(15-30)24(25-2)27-23(26-21)18-8-7-12-29(14-18)16-22(32)28(3)19-9-5-4-6-10-19/h18-19H,4-16H2,1-3H3,(H,25,26,27). The highest BCUT2D eigenvalue weighted by molar-refractivity contribution is 5.78. The molecule has 2 amide bonds. The monoisotopic (exact) mass is 442 g/mol. The van der Waals surface area contributed by atoms with Gasteiger partial charge in [-0.2, -0.15) is 0 Å². The van der Waals surface area contributed by atoms with Gasteiger partial charge in [-0.3, -0.25) is 14.5 Å². The third kappa shape index (κ3) is 5.05. The second-order valence-electron chi connectivity index (χ2n) is 9.67. The SMILES string of the molecule is CNc1nc(C2CCCN(CC(=O)N(C)C3CCCCC3)C2)nc2c1CN(C(C)=O)CC2. The van der Waals surface area contributed by atoms with E-state index in [0.717, 1.165) is 68.1 Å². The van der Waals surface area contributed by atoms with Crippen LogP contribution in [0.15, 0.2) is 0 Å². The second-order valence-corrected chi connectivity index (χ2v) is 9.67. The summed E-state index contributed by atoms with van der Waals surface area (Å²) in [7, 11) is 3.86. The molecule has 1 saturated heterocycles. The van der Waals surface area contributed by atoms with E-state index in [1.165, 1.54) is 19.3 Å². The van der Waals surface area contributed by atoms with E-state index in [0.29, 0.717) is 25.7 Å². The van der Waals surface area contributed by atoms with E-state index in [4.69, 9.17) is 9.97 Å². The van der Waals surface area contributed by atoms with Crippen molar-refractivity contribution in [3.8, 4) is 0 Å². The molecule has 1 atom stereocenters. The van der Waals surface area contributed by atoms with Gasteiger partial charge in [-0.1, -0.05) is 19.3 Å². The highest BCUT2D eigenvalue weighted by atomic mass is 16.2. The van der Waals surface area contributed by atoms with Gasteiger partial charge in [0, 0.05) is 58.1 Å². The fourth-order valence-corrected chi connectivity index (χ4v) is 5.48. The first-order valence-corrected chi connectivity index (χ1v) is 12.3. The molecule has 3 aliphatic rings. The van der Waals surface area contributed by atoms with Gasteiger partial charge in [0.25, 0.3) is 0 Å². The molecule has 1 saturated carbocycles. The van der Waals surface area contributed by atoms with Gasteiger partial charge in [0.2, 0.25) is 11.8 Å². The number of nitrogens with one attached hydrogen (secondary N) is 1. The van der Waals surface area contributed by atoms with Crippen molar-refractivity contribution in [2.45, 2.75) is 76.8 Å². The van der Waals surface area contributed by atoms with E-state index in [2.05, 4.69) is 10.2 Å². The molecule has 8 nitrogen and oxygen atoms in total. The number of hydrogen-bond donors (Lipinski definition) is 1. The summed E-state index contributed by atoms with van der Waals surface area (Å²) in [6.45, 7) is 5.16. The molecule has 0 spiro atoms. The maximum atomic E-state index is 12.9. The molecule has 8 heteroatoms. The zero-order valence-corrected chi connectivity index (χ0v) is 19.9. The molecule has 1 aromatic rings. The first-order chi connectivity index (χ1) is 15.5. The van der Waals surface area contributed by atoms with Gasteiger partial charge in [-0.15, -0.1) is 0 Å². The van der Waals surface area contributed by atoms with Crippen LogP contribution in [0.3, 0.4) is 0 Å². The van der Waals surface area contributed by atoms with Crippen LogP contribution in [-0.4, -0.2) is 82.8 Å². The highest BCUT2D eigenvalue weighted by Gasteiger charge is 2.30. The molecular formula is C24H38N6O2. The molecule has 0 radical (unpaired) electrons. The smallest absolute Gasteiger partial charge is 0.236 e. The van der Waals surface area contributed by atoms with Gasteiger partial charge in [-0.25, -0.2) is 9.97 Å². The van der Waals surface area contributed by atoms with Crippen LogP contribution in [0.1, 0.15) is 74.9 Å². The fraction of sp³-hybridized carbons (Fsp3) is 0.750. The van der Waals surface area contributed by atoms with Crippen LogP contribution in [0.2, 0.25) is 0 Å². The van der Waals surface area contributed by atoms with Crippen LogP contribution in [0.25, 0.3) is 0 Å². The van der Waals surface area contributed by atoms with Crippen molar-refractivity contribution in [1.29, 1.82) is 0 Å². The molecule has 3 heterocycles. The lowest BCUT2D eigenvalue weighted by atomic mass is 9.94. The lowest BCUT2D eigenvalue weighted by Gasteiger charge is -2.36. The summed E-state index contributed by atoms with van der Waals surface area (Å²) in [6, 6.07) is 0.411. The number of hydrogen-bond acceptors (Lipinski definition) is 6. The Labute approximate surface area is 191 Å². The van der Waals surface area contributed by atoms with E-state index < -0.39 is 0 Å². The summed E-state index contributed by atoms with van der Waals surface area (Å²) in [5.41, 5.74) is 2.09. The number of nitrogens with zero attached hydrogens (tertiary/aromatic N) is 5. The molecule has 4 rings (SSSR count). The van der Waals surface area contributed by atoms with Crippen molar-refractivity contribution in [3.63, 3.8) is 0 Å². The Kier molecular flexibility index (Phi) is 7.28. The van der Waals surface area contributed by atoms with Crippen molar-refractivity contribution in [2.24, 2.45) is 0 Å². The predicted octanol–water partition coefficient (Wildman–Crippen LogP) is 2.39. The number of likely N-dealkylation sites (N-methyl/N-ethyl adjacent to an activating group) is 1. The van der Waals surface area contributed by atoms with Crippen molar-refractivity contribution >= 4 is 17.6 Å². The lowest BCUT2D eigenvalue weighted by Crippen LogP contribution is -2.46. The Morgan fingerprint density at radius 2 is 1.88 bits per heavy atom. The minimum absolute atomic E-state index is 0.0903. The number of carbonyl (C=O) groups excluding carboxylic acids is 2. The summed E-state index contributed by atoms with van der Waals surface area (Å²) in [5.74, 6) is 2.28. The van der Waals surface area contributed by atoms with Gasteiger partial charge in [0.15, 0.2) is 0 Å². The normalized spacial score (nSPS) is 22.3. The Bertz CT molecular complexity index is 821. The molecule has 2 fully saturated rings. The molecule has 1 aromatic heterocycles. The quantitative estimate of drug-likeness (QED) is 0.754. The number of anilines is 1. The van der Waals surface area contributed by atoms with Crippen LogP contribution >= 0.6 is 0 Å². The average Bonchev–Trinajstić information content (AvgIpc) is 2.83. The summed E-state index contributed by atoms with van der Waals surface area (Å²) in [6.07, 6.45) is 8.92. The zero-order valence-electron chi connectivity index (χ0n) is 19.9. The third-order valence-corrected chi connectivity index (χ3v) is 7.51. The van der Waals surface area contributed by atoms with Crippen molar-refractivity contribution in [2.75, 3.05) is 45.6 Å². The van der Waals surface area contributed by atoms with Gasteiger partial charge in [-0.05, 0) is 32.2 Å². The number of likely N-dealkylation sites (tertiary alicyclic amines) is 1. The number of rotatable bonds is 5. The molecule has 1 N–H and O–H groups in total. The third-order valence-electron chi connectivity index (χ3n) is 7.51. The van der Waals surface area contributed by atoms with Crippen LogP contribution < -0.4 is 5.32 Å². The minimum atomic E-state index is 0.0903. The van der Waals surface area contributed by atoms with Crippen LogP contribution in [0.4, 0.5) is 5.82 Å². The largest absolute Gasteiger partial charge is 0.373 e. The molecule has 1 aliphatic carbocycles. The number of amides is 2. The lowest BCUT2D eigenvalue weighted by molar-refractivity contribution is -0.134. The molecular weight excluding hydrogens is 404 g/mol. The summed E-state index contributed by atoms with van der Waals surface area (Å²) in [4.78, 5) is 40.7. The van der Waals surface area contributed by atoms with Crippen LogP contribution in [-0.2, 0) is 22.6 Å². The Morgan fingerprint density at radius 1 is 1.09 bits per heavy atom. The summed E-state index contributed by atoms with van der Waals surface area (Å²) >= 11 is 0. The fourth-order valence-electron chi connectivity index (χ4n) is 5.48. The Morgan fingerprint density at radius 3 is 2.59 bits per heavy atom. The number of carbonyl (C=O) groups is 2. The average molecular weight is 443 g/mol. The van der Waals surface area contributed by atoms with Gasteiger partial charge < -0.3 is 15.1 Å². The Hall–Kier alpha value is -2.22. The number of fused-ring (bicyclic) bond motifs is 1. The van der Waals surface area contributed by atoms with Crippen molar-refractivity contribution in [1.82, 2.24) is 24.7 Å². The maximum Gasteiger partial charge on any atom is 0.236 e. The van der Waals surface area contributed by atoms with Crippen LogP contribution in [0, 0.1) is 0 Å². The molecule has 32 heavy (non-hydrogen) atoms. The van der Waals surface area contributed by atoms with E-state index in [9.17, 15) is 9.59 Å². The molecule has 0 aromatic carbocycles. The summed E-state index contributed by atoms with van der Waals surface area (Å²) < 4.78 is 0. The van der Waals surface area contributed by atoms with Gasteiger partial charge in [0.05, 0.1) is 18.8 Å².